The van der Waals surface area contributed by atoms with Crippen molar-refractivity contribution in [2.45, 2.75) is 13.5 Å². The zero-order chi connectivity index (χ0) is 19.5. The largest absolute Gasteiger partial charge is 0.381 e. The first kappa shape index (κ1) is 17.7. The number of fused-ring (bicyclic) bond motifs is 1. The highest BCUT2D eigenvalue weighted by Gasteiger charge is 2.24. The van der Waals surface area contributed by atoms with Gasteiger partial charge < -0.3 is 16.0 Å². The van der Waals surface area contributed by atoms with Crippen LogP contribution >= 0.6 is 0 Å². The number of hydrogen-bond acceptors (Lipinski definition) is 4. The first-order chi connectivity index (χ1) is 13.6. The van der Waals surface area contributed by atoms with Crippen molar-refractivity contribution in [2.24, 2.45) is 0 Å². The number of carbonyl (C=O) groups excluding carboxylic acids is 1. The van der Waals surface area contributed by atoms with E-state index < -0.39 is 0 Å². The molecular formula is C22H19FN4O. The van der Waals surface area contributed by atoms with Crippen LogP contribution in [0, 0.1) is 12.7 Å². The fourth-order valence-electron chi connectivity index (χ4n) is 3.11. The van der Waals surface area contributed by atoms with Gasteiger partial charge in [0.25, 0.3) is 5.91 Å². The number of carbonyl (C=O) groups is 1. The van der Waals surface area contributed by atoms with E-state index in [-0.39, 0.29) is 11.7 Å². The van der Waals surface area contributed by atoms with Crippen LogP contribution in [0.25, 0.3) is 5.57 Å². The quantitative estimate of drug-likeness (QED) is 0.574. The second-order valence-corrected chi connectivity index (χ2v) is 6.59. The third-order valence-corrected chi connectivity index (χ3v) is 4.61. The topological polar surface area (TPSA) is 66.1 Å². The Morgan fingerprint density at radius 1 is 1.11 bits per heavy atom. The molecule has 0 atom stereocenters. The molecule has 0 radical (unpaired) electrons. The molecule has 0 spiro atoms. The van der Waals surface area contributed by atoms with E-state index in [2.05, 4.69) is 20.9 Å². The molecule has 5 nitrogen and oxygen atoms in total. The number of pyridine rings is 1. The summed E-state index contributed by atoms with van der Waals surface area (Å²) >= 11 is 0. The van der Waals surface area contributed by atoms with Crippen molar-refractivity contribution in [3.8, 4) is 0 Å². The lowest BCUT2D eigenvalue weighted by Crippen LogP contribution is -2.05. The molecule has 0 bridgehead atoms. The number of amides is 1. The Labute approximate surface area is 162 Å². The Morgan fingerprint density at radius 2 is 1.93 bits per heavy atom. The molecule has 140 valence electrons. The monoisotopic (exact) mass is 374 g/mol. The van der Waals surface area contributed by atoms with Crippen molar-refractivity contribution >= 4 is 28.5 Å². The number of aryl methyl sites for hydroxylation is 1. The normalized spacial score (nSPS) is 13.9. The van der Waals surface area contributed by atoms with Gasteiger partial charge in [-0.2, -0.15) is 0 Å². The molecule has 6 heteroatoms. The van der Waals surface area contributed by atoms with Crippen LogP contribution < -0.4 is 16.0 Å². The van der Waals surface area contributed by atoms with Gasteiger partial charge in [-0.25, -0.2) is 4.39 Å². The molecule has 0 saturated carbocycles. The van der Waals surface area contributed by atoms with E-state index in [4.69, 9.17) is 0 Å². The zero-order valence-electron chi connectivity index (χ0n) is 15.3. The molecule has 1 aromatic heterocycles. The number of aromatic nitrogens is 1. The summed E-state index contributed by atoms with van der Waals surface area (Å²) in [7, 11) is 0. The third-order valence-electron chi connectivity index (χ3n) is 4.61. The zero-order valence-corrected chi connectivity index (χ0v) is 15.3. The Hall–Kier alpha value is -3.67. The van der Waals surface area contributed by atoms with Crippen LogP contribution in [0.4, 0.5) is 21.5 Å². The maximum Gasteiger partial charge on any atom is 0.257 e. The fourth-order valence-corrected chi connectivity index (χ4v) is 3.11. The van der Waals surface area contributed by atoms with Crippen LogP contribution in [0.15, 0.2) is 67.1 Å². The third kappa shape index (κ3) is 3.71. The molecule has 28 heavy (non-hydrogen) atoms. The van der Waals surface area contributed by atoms with Gasteiger partial charge in [0.05, 0.1) is 5.57 Å². The van der Waals surface area contributed by atoms with Crippen molar-refractivity contribution in [3.05, 3.63) is 89.6 Å². The summed E-state index contributed by atoms with van der Waals surface area (Å²) in [6.07, 6.45) is 5.15. The first-order valence-corrected chi connectivity index (χ1v) is 8.91. The molecule has 1 amide bonds. The number of hydrogen-bond donors (Lipinski definition) is 3. The summed E-state index contributed by atoms with van der Waals surface area (Å²) in [5, 5.41) is 9.28. The van der Waals surface area contributed by atoms with E-state index in [0.717, 1.165) is 22.5 Å². The second-order valence-electron chi connectivity index (χ2n) is 6.59. The van der Waals surface area contributed by atoms with E-state index in [1.807, 2.05) is 37.3 Å². The molecule has 1 aliphatic rings. The minimum absolute atomic E-state index is 0.250. The van der Waals surface area contributed by atoms with E-state index in [1.54, 1.807) is 24.7 Å². The lowest BCUT2D eigenvalue weighted by atomic mass is 10.1. The van der Waals surface area contributed by atoms with Gasteiger partial charge in [0, 0.05) is 47.8 Å². The molecule has 4 rings (SSSR count). The minimum Gasteiger partial charge on any atom is -0.381 e. The van der Waals surface area contributed by atoms with Crippen LogP contribution in [0.2, 0.25) is 0 Å². The van der Waals surface area contributed by atoms with Crippen molar-refractivity contribution in [1.29, 1.82) is 0 Å². The van der Waals surface area contributed by atoms with Gasteiger partial charge in [0.1, 0.15) is 5.82 Å². The Bertz CT molecular complexity index is 1060. The summed E-state index contributed by atoms with van der Waals surface area (Å²) in [5.74, 6) is -0.623. The van der Waals surface area contributed by atoms with E-state index >= 15 is 0 Å². The van der Waals surface area contributed by atoms with Gasteiger partial charge in [-0.05, 0) is 66.6 Å². The molecule has 3 aromatic rings. The van der Waals surface area contributed by atoms with Gasteiger partial charge in [-0.1, -0.05) is 0 Å². The molecule has 1 aliphatic heterocycles. The number of rotatable bonds is 5. The van der Waals surface area contributed by atoms with Gasteiger partial charge in [0.15, 0.2) is 0 Å². The van der Waals surface area contributed by atoms with Gasteiger partial charge >= 0.3 is 0 Å². The molecule has 0 fully saturated rings. The number of nitrogens with one attached hydrogen (secondary N) is 3. The number of benzene rings is 2. The minimum atomic E-state index is -0.374. The number of nitrogens with zero attached hydrogens (tertiary/aromatic N) is 1. The highest BCUT2D eigenvalue weighted by Crippen LogP contribution is 2.32. The maximum absolute atomic E-state index is 13.5. The van der Waals surface area contributed by atoms with E-state index in [9.17, 15) is 9.18 Å². The van der Waals surface area contributed by atoms with Crippen molar-refractivity contribution in [2.75, 3.05) is 16.0 Å². The van der Waals surface area contributed by atoms with E-state index in [0.29, 0.717) is 23.4 Å². The summed E-state index contributed by atoms with van der Waals surface area (Å²) in [6, 6.07) is 14.1. The molecule has 3 N–H and O–H groups in total. The Morgan fingerprint density at radius 3 is 2.71 bits per heavy atom. The van der Waals surface area contributed by atoms with Crippen molar-refractivity contribution in [3.63, 3.8) is 0 Å². The van der Waals surface area contributed by atoms with Gasteiger partial charge in [0.2, 0.25) is 0 Å². The smallest absolute Gasteiger partial charge is 0.257 e. The number of halogens is 1. The van der Waals surface area contributed by atoms with Gasteiger partial charge in [-0.15, -0.1) is 0 Å². The summed E-state index contributed by atoms with van der Waals surface area (Å²) in [4.78, 5) is 16.2. The molecule has 0 unspecified atom stereocenters. The van der Waals surface area contributed by atoms with Crippen molar-refractivity contribution < 1.29 is 9.18 Å². The average molecular weight is 374 g/mol. The molecular weight excluding hydrogens is 355 g/mol. The molecule has 0 saturated heterocycles. The van der Waals surface area contributed by atoms with Crippen LogP contribution in [0.3, 0.4) is 0 Å². The first-order valence-electron chi connectivity index (χ1n) is 8.91. The summed E-state index contributed by atoms with van der Waals surface area (Å²) in [6.45, 7) is 2.73. The van der Waals surface area contributed by atoms with Crippen LogP contribution in [-0.4, -0.2) is 10.9 Å². The lowest BCUT2D eigenvalue weighted by Gasteiger charge is -2.11. The average Bonchev–Trinajstić information content (AvgIpc) is 3.01. The van der Waals surface area contributed by atoms with Crippen LogP contribution in [-0.2, 0) is 11.3 Å². The predicted molar refractivity (Wildman–Crippen MR) is 109 cm³/mol. The highest BCUT2D eigenvalue weighted by molar-refractivity contribution is 6.31. The molecule has 0 aliphatic carbocycles. The van der Waals surface area contributed by atoms with Crippen LogP contribution in [0.1, 0.15) is 16.7 Å². The highest BCUT2D eigenvalue weighted by atomic mass is 19.1. The van der Waals surface area contributed by atoms with Gasteiger partial charge in [-0.3, -0.25) is 9.78 Å². The maximum atomic E-state index is 13.5. The second kappa shape index (κ2) is 7.52. The molecule has 2 aromatic carbocycles. The standard InChI is InChI=1S/C22H19FN4O/c1-14-10-17(3-5-20(14)26-12-15-6-8-24-9-7-15)25-13-19-18-11-16(23)2-4-21(18)27-22(19)28/h2-11,13,25-26H,12H2,1H3,(H,27,28). The molecule has 2 heterocycles. The summed E-state index contributed by atoms with van der Waals surface area (Å²) in [5.41, 5.74) is 5.68. The number of anilines is 3. The van der Waals surface area contributed by atoms with E-state index in [1.165, 1.54) is 12.1 Å². The lowest BCUT2D eigenvalue weighted by molar-refractivity contribution is -0.110. The Balaban J connectivity index is 1.48. The van der Waals surface area contributed by atoms with Crippen molar-refractivity contribution in [1.82, 2.24) is 4.98 Å². The SMILES string of the molecule is Cc1cc(NC=C2C(=O)Nc3ccc(F)cc32)ccc1NCc1ccncc1. The fraction of sp³-hybridized carbons (Fsp3) is 0.0909. The predicted octanol–water partition coefficient (Wildman–Crippen LogP) is 4.55. The van der Waals surface area contributed by atoms with Crippen LogP contribution in [0.5, 0.6) is 0 Å². The Kier molecular flexibility index (Phi) is 4.76. The summed E-state index contributed by atoms with van der Waals surface area (Å²) < 4.78 is 13.5.